The average molecular weight is 320 g/mol. The minimum absolute atomic E-state index is 0.0486. The van der Waals surface area contributed by atoms with Crippen LogP contribution in [0.15, 0.2) is 24.3 Å². The number of benzene rings is 1. The molecule has 6 heteroatoms. The number of carbonyl (C=O) groups is 2. The molecule has 1 fully saturated rings. The fraction of sp³-hybridized carbons (Fsp3) is 0.529. The summed E-state index contributed by atoms with van der Waals surface area (Å²) in [5.41, 5.74) is 5.90. The van der Waals surface area contributed by atoms with Gasteiger partial charge >= 0.3 is 5.97 Å². The number of anilines is 1. The van der Waals surface area contributed by atoms with Crippen LogP contribution in [0.5, 0.6) is 0 Å². The molecule has 2 rings (SSSR count). The molecule has 2 atom stereocenters. The van der Waals surface area contributed by atoms with E-state index in [1.165, 1.54) is 0 Å². The van der Waals surface area contributed by atoms with Crippen molar-refractivity contribution in [3.63, 3.8) is 0 Å². The number of esters is 1. The zero-order valence-corrected chi connectivity index (χ0v) is 13.8. The van der Waals surface area contributed by atoms with Gasteiger partial charge in [0.25, 0.3) is 0 Å². The summed E-state index contributed by atoms with van der Waals surface area (Å²) < 4.78 is 5.26. The van der Waals surface area contributed by atoms with Crippen molar-refractivity contribution in [2.24, 2.45) is 11.7 Å². The molecule has 0 spiro atoms. The Hall–Kier alpha value is -1.92. The Balaban J connectivity index is 1.89. The standard InChI is InChI=1S/C17H24N2O4/c1-16(2,3)23-14(21)8-12-9-17(12,18)15(22)19-13-6-4-11(10-20)5-7-13/h4-7,12,20H,8-10,18H2,1-3H3,(H,19,22). The van der Waals surface area contributed by atoms with Crippen molar-refractivity contribution in [1.82, 2.24) is 0 Å². The van der Waals surface area contributed by atoms with Crippen LogP contribution in [0.3, 0.4) is 0 Å². The van der Waals surface area contributed by atoms with Crippen molar-refractivity contribution in [3.05, 3.63) is 29.8 Å². The SMILES string of the molecule is CC(C)(C)OC(=O)CC1CC1(N)C(=O)Nc1ccc(CO)cc1. The van der Waals surface area contributed by atoms with E-state index < -0.39 is 11.1 Å². The molecular weight excluding hydrogens is 296 g/mol. The lowest BCUT2D eigenvalue weighted by Crippen LogP contribution is -2.40. The fourth-order valence-corrected chi connectivity index (χ4v) is 2.41. The van der Waals surface area contributed by atoms with Gasteiger partial charge in [-0.25, -0.2) is 0 Å². The molecule has 1 aliphatic carbocycles. The fourth-order valence-electron chi connectivity index (χ4n) is 2.41. The highest BCUT2D eigenvalue weighted by Crippen LogP contribution is 2.44. The van der Waals surface area contributed by atoms with Gasteiger partial charge in [-0.15, -0.1) is 0 Å². The molecule has 4 N–H and O–H groups in total. The Kier molecular flexibility index (Phi) is 4.77. The largest absolute Gasteiger partial charge is 0.460 e. The second-order valence-electron chi connectivity index (χ2n) is 7.04. The molecule has 1 amide bonds. The van der Waals surface area contributed by atoms with Crippen molar-refractivity contribution in [2.45, 2.75) is 51.4 Å². The third-order valence-corrected chi connectivity index (χ3v) is 3.80. The van der Waals surface area contributed by atoms with Crippen molar-refractivity contribution >= 4 is 17.6 Å². The molecule has 2 unspecified atom stereocenters. The summed E-state index contributed by atoms with van der Waals surface area (Å²) in [6, 6.07) is 6.86. The number of nitrogens with one attached hydrogen (secondary N) is 1. The first kappa shape index (κ1) is 17.4. The van der Waals surface area contributed by atoms with Gasteiger partial charge in [0.15, 0.2) is 0 Å². The van der Waals surface area contributed by atoms with E-state index >= 15 is 0 Å². The van der Waals surface area contributed by atoms with E-state index in [2.05, 4.69) is 5.32 Å². The second kappa shape index (κ2) is 6.29. The summed E-state index contributed by atoms with van der Waals surface area (Å²) in [6.45, 7) is 5.36. The number of carbonyl (C=O) groups excluding carboxylic acids is 2. The van der Waals surface area contributed by atoms with Crippen LogP contribution >= 0.6 is 0 Å². The first-order chi connectivity index (χ1) is 10.6. The van der Waals surface area contributed by atoms with Gasteiger partial charge in [-0.2, -0.15) is 0 Å². The van der Waals surface area contributed by atoms with E-state index in [0.717, 1.165) is 5.56 Å². The van der Waals surface area contributed by atoms with Crippen LogP contribution in [-0.2, 0) is 20.9 Å². The second-order valence-corrected chi connectivity index (χ2v) is 7.04. The van der Waals surface area contributed by atoms with Crippen molar-refractivity contribution in [2.75, 3.05) is 5.32 Å². The number of nitrogens with two attached hydrogens (primary N) is 1. The lowest BCUT2D eigenvalue weighted by molar-refractivity contribution is -0.155. The van der Waals surface area contributed by atoms with Crippen LogP contribution in [0, 0.1) is 5.92 Å². The summed E-state index contributed by atoms with van der Waals surface area (Å²) in [7, 11) is 0. The summed E-state index contributed by atoms with van der Waals surface area (Å²) in [6.07, 6.45) is 0.609. The number of aliphatic hydroxyl groups is 1. The van der Waals surface area contributed by atoms with Gasteiger partial charge in [-0.1, -0.05) is 12.1 Å². The van der Waals surface area contributed by atoms with E-state index in [-0.39, 0.29) is 30.8 Å². The number of hydrogen-bond donors (Lipinski definition) is 3. The molecule has 0 aromatic heterocycles. The molecule has 0 bridgehead atoms. The lowest BCUT2D eigenvalue weighted by Gasteiger charge is -2.20. The molecule has 0 aliphatic heterocycles. The van der Waals surface area contributed by atoms with Crippen LogP contribution in [0.4, 0.5) is 5.69 Å². The predicted octanol–water partition coefficient (Wildman–Crippen LogP) is 1.57. The molecular formula is C17H24N2O4. The first-order valence-electron chi connectivity index (χ1n) is 7.66. The molecule has 1 saturated carbocycles. The topological polar surface area (TPSA) is 102 Å². The van der Waals surface area contributed by atoms with Gasteiger partial charge in [0, 0.05) is 5.69 Å². The maximum Gasteiger partial charge on any atom is 0.306 e. The number of ether oxygens (including phenoxy) is 1. The number of rotatable bonds is 5. The molecule has 1 aliphatic rings. The Morgan fingerprint density at radius 1 is 1.35 bits per heavy atom. The van der Waals surface area contributed by atoms with E-state index in [1.54, 1.807) is 45.0 Å². The van der Waals surface area contributed by atoms with E-state index in [0.29, 0.717) is 12.1 Å². The summed E-state index contributed by atoms with van der Waals surface area (Å²) in [5, 5.41) is 11.7. The van der Waals surface area contributed by atoms with E-state index in [1.807, 2.05) is 0 Å². The molecule has 6 nitrogen and oxygen atoms in total. The molecule has 23 heavy (non-hydrogen) atoms. The van der Waals surface area contributed by atoms with Crippen molar-refractivity contribution in [1.29, 1.82) is 0 Å². The zero-order valence-electron chi connectivity index (χ0n) is 13.8. The van der Waals surface area contributed by atoms with Gasteiger partial charge < -0.3 is 20.9 Å². The van der Waals surface area contributed by atoms with Gasteiger partial charge in [-0.05, 0) is 50.8 Å². The highest BCUT2D eigenvalue weighted by Gasteiger charge is 2.57. The number of aliphatic hydroxyl groups excluding tert-OH is 1. The summed E-state index contributed by atoms with van der Waals surface area (Å²) in [5.74, 6) is -0.841. The van der Waals surface area contributed by atoms with Gasteiger partial charge in [-0.3, -0.25) is 9.59 Å². The molecule has 0 saturated heterocycles. The van der Waals surface area contributed by atoms with Crippen molar-refractivity contribution < 1.29 is 19.4 Å². The molecule has 1 aromatic carbocycles. The Morgan fingerprint density at radius 2 is 1.96 bits per heavy atom. The van der Waals surface area contributed by atoms with Gasteiger partial charge in [0.05, 0.1) is 18.6 Å². The third kappa shape index (κ3) is 4.53. The molecule has 0 heterocycles. The Labute approximate surface area is 136 Å². The Morgan fingerprint density at radius 3 is 2.48 bits per heavy atom. The lowest BCUT2D eigenvalue weighted by atomic mass is 10.1. The van der Waals surface area contributed by atoms with Gasteiger partial charge in [0.1, 0.15) is 5.60 Å². The van der Waals surface area contributed by atoms with Gasteiger partial charge in [0.2, 0.25) is 5.91 Å². The van der Waals surface area contributed by atoms with E-state index in [9.17, 15) is 9.59 Å². The van der Waals surface area contributed by atoms with Crippen LogP contribution in [0.25, 0.3) is 0 Å². The smallest absolute Gasteiger partial charge is 0.306 e. The highest BCUT2D eigenvalue weighted by molar-refractivity contribution is 6.01. The normalized spacial score (nSPS) is 23.3. The predicted molar refractivity (Wildman–Crippen MR) is 86.5 cm³/mol. The maximum atomic E-state index is 12.3. The molecule has 0 radical (unpaired) electrons. The minimum Gasteiger partial charge on any atom is -0.460 e. The molecule has 1 aromatic rings. The average Bonchev–Trinajstić information content (AvgIpc) is 3.09. The molecule has 126 valence electrons. The number of hydrogen-bond acceptors (Lipinski definition) is 5. The van der Waals surface area contributed by atoms with Crippen LogP contribution in [0.1, 0.15) is 39.2 Å². The van der Waals surface area contributed by atoms with Crippen LogP contribution in [-0.4, -0.2) is 28.1 Å². The van der Waals surface area contributed by atoms with E-state index in [4.69, 9.17) is 15.6 Å². The number of amides is 1. The maximum absolute atomic E-state index is 12.3. The Bertz CT molecular complexity index is 592. The first-order valence-corrected chi connectivity index (χ1v) is 7.66. The summed E-state index contributed by atoms with van der Waals surface area (Å²) >= 11 is 0. The van der Waals surface area contributed by atoms with Crippen molar-refractivity contribution in [3.8, 4) is 0 Å². The minimum atomic E-state index is -1.02. The van der Waals surface area contributed by atoms with Crippen LogP contribution in [0.2, 0.25) is 0 Å². The van der Waals surface area contributed by atoms with Crippen LogP contribution < -0.4 is 11.1 Å². The summed E-state index contributed by atoms with van der Waals surface area (Å²) in [4.78, 5) is 24.1. The third-order valence-electron chi connectivity index (χ3n) is 3.80. The monoisotopic (exact) mass is 320 g/mol. The highest BCUT2D eigenvalue weighted by atomic mass is 16.6. The zero-order chi connectivity index (χ0) is 17.3. The quantitative estimate of drug-likeness (QED) is 0.715.